The minimum Gasteiger partial charge on any atom is -0.481 e. The number of hydrogen-bond acceptors (Lipinski definition) is 4. The van der Waals surface area contributed by atoms with Crippen LogP contribution in [-0.2, 0) is 11.2 Å². The Balaban J connectivity index is 2.01. The second-order valence-corrected chi connectivity index (χ2v) is 6.75. The van der Waals surface area contributed by atoms with Crippen molar-refractivity contribution < 1.29 is 9.90 Å². The molecule has 1 aromatic heterocycles. The number of para-hydroxylation sites is 1. The summed E-state index contributed by atoms with van der Waals surface area (Å²) in [5.41, 5.74) is 4.93. The third kappa shape index (κ3) is 3.63. The molecular weight excluding hydrogens is 320 g/mol. The van der Waals surface area contributed by atoms with Crippen molar-refractivity contribution in [2.24, 2.45) is 0 Å². The number of hydrogen-bond donors (Lipinski definition) is 2. The summed E-state index contributed by atoms with van der Waals surface area (Å²) in [6, 6.07) is 15.9. The van der Waals surface area contributed by atoms with Gasteiger partial charge in [0.1, 0.15) is 0 Å². The Morgan fingerprint density at radius 1 is 1.17 bits per heavy atom. The molecule has 1 heterocycles. The van der Waals surface area contributed by atoms with Gasteiger partial charge in [-0.2, -0.15) is 0 Å². The van der Waals surface area contributed by atoms with Crippen molar-refractivity contribution in [1.29, 1.82) is 0 Å². The zero-order valence-corrected chi connectivity index (χ0v) is 14.4. The maximum atomic E-state index is 11.2. The first kappa shape index (κ1) is 16.2. The molecule has 0 amide bonds. The van der Waals surface area contributed by atoms with Gasteiger partial charge in [-0.15, -0.1) is 11.3 Å². The minimum absolute atomic E-state index is 0.0310. The van der Waals surface area contributed by atoms with E-state index in [2.05, 4.69) is 16.4 Å². The van der Waals surface area contributed by atoms with Gasteiger partial charge in [0.15, 0.2) is 5.13 Å². The summed E-state index contributed by atoms with van der Waals surface area (Å²) in [4.78, 5) is 16.6. The topological polar surface area (TPSA) is 62.2 Å². The van der Waals surface area contributed by atoms with Gasteiger partial charge in [0, 0.05) is 16.1 Å². The summed E-state index contributed by atoms with van der Waals surface area (Å²) >= 11 is 1.39. The second-order valence-electron chi connectivity index (χ2n) is 5.67. The van der Waals surface area contributed by atoms with Crippen LogP contribution in [0, 0.1) is 13.8 Å². The zero-order valence-electron chi connectivity index (χ0n) is 13.5. The molecule has 5 heteroatoms. The van der Waals surface area contributed by atoms with Crippen LogP contribution in [0.3, 0.4) is 0 Å². The maximum Gasteiger partial charge on any atom is 0.308 e. The molecule has 4 nitrogen and oxygen atoms in total. The zero-order chi connectivity index (χ0) is 17.1. The van der Waals surface area contributed by atoms with E-state index in [0.29, 0.717) is 5.13 Å². The number of aryl methyl sites for hydroxylation is 2. The fourth-order valence-electron chi connectivity index (χ4n) is 2.60. The first-order valence-electron chi connectivity index (χ1n) is 7.64. The molecule has 3 rings (SSSR count). The molecule has 2 aromatic carbocycles. The minimum atomic E-state index is -0.851. The van der Waals surface area contributed by atoms with Crippen LogP contribution in [-0.4, -0.2) is 16.1 Å². The molecule has 0 aliphatic carbocycles. The highest BCUT2D eigenvalue weighted by Gasteiger charge is 2.17. The lowest BCUT2D eigenvalue weighted by molar-refractivity contribution is -0.136. The van der Waals surface area contributed by atoms with Crippen LogP contribution in [0.4, 0.5) is 10.8 Å². The Labute approximate surface area is 144 Å². The highest BCUT2D eigenvalue weighted by Crippen LogP contribution is 2.34. The third-order valence-electron chi connectivity index (χ3n) is 3.67. The van der Waals surface area contributed by atoms with Gasteiger partial charge in [0.2, 0.25) is 0 Å². The number of aliphatic carboxylic acids is 1. The predicted molar refractivity (Wildman–Crippen MR) is 98.1 cm³/mol. The molecule has 0 unspecified atom stereocenters. The highest BCUT2D eigenvalue weighted by atomic mass is 32.1. The van der Waals surface area contributed by atoms with Gasteiger partial charge >= 0.3 is 5.97 Å². The Bertz CT molecular complexity index is 872. The van der Waals surface area contributed by atoms with Crippen molar-refractivity contribution in [3.05, 3.63) is 64.5 Å². The quantitative estimate of drug-likeness (QED) is 0.701. The van der Waals surface area contributed by atoms with E-state index in [1.807, 2.05) is 56.3 Å². The fourth-order valence-corrected chi connectivity index (χ4v) is 3.58. The van der Waals surface area contributed by atoms with E-state index in [9.17, 15) is 9.90 Å². The van der Waals surface area contributed by atoms with Crippen molar-refractivity contribution in [1.82, 2.24) is 4.98 Å². The summed E-state index contributed by atoms with van der Waals surface area (Å²) in [7, 11) is 0. The molecule has 0 radical (unpaired) electrons. The Hall–Kier alpha value is -2.66. The van der Waals surface area contributed by atoms with Gasteiger partial charge < -0.3 is 10.4 Å². The number of carbonyl (C=O) groups is 1. The lowest BCUT2D eigenvalue weighted by atomic mass is 10.0. The molecule has 3 aromatic rings. The van der Waals surface area contributed by atoms with Crippen LogP contribution >= 0.6 is 11.3 Å². The average molecular weight is 338 g/mol. The van der Waals surface area contributed by atoms with Crippen molar-refractivity contribution in [2.45, 2.75) is 20.3 Å². The van der Waals surface area contributed by atoms with E-state index in [1.165, 1.54) is 16.9 Å². The first-order chi connectivity index (χ1) is 11.5. The number of thiazole rings is 1. The second kappa shape index (κ2) is 6.84. The summed E-state index contributed by atoms with van der Waals surface area (Å²) in [5.74, 6) is -0.851. The highest BCUT2D eigenvalue weighted by molar-refractivity contribution is 7.16. The molecule has 0 aliphatic rings. The normalized spacial score (nSPS) is 10.6. The predicted octanol–water partition coefficient (Wildman–Crippen LogP) is 4.80. The van der Waals surface area contributed by atoms with Gasteiger partial charge in [0.05, 0.1) is 12.1 Å². The van der Waals surface area contributed by atoms with Crippen LogP contribution in [0.15, 0.2) is 48.5 Å². The number of carboxylic acid groups (broad SMARTS) is 1. The summed E-state index contributed by atoms with van der Waals surface area (Å²) in [6.07, 6.45) is -0.0310. The van der Waals surface area contributed by atoms with Gasteiger partial charge in [-0.25, -0.2) is 4.98 Å². The lowest BCUT2D eigenvalue weighted by Gasteiger charge is -2.06. The first-order valence-corrected chi connectivity index (χ1v) is 8.46. The van der Waals surface area contributed by atoms with Gasteiger partial charge in [0.25, 0.3) is 0 Å². The monoisotopic (exact) mass is 338 g/mol. The van der Waals surface area contributed by atoms with Gasteiger partial charge in [-0.05, 0) is 31.5 Å². The molecule has 122 valence electrons. The molecule has 24 heavy (non-hydrogen) atoms. The number of benzene rings is 2. The molecule has 0 saturated carbocycles. The molecule has 0 spiro atoms. The van der Waals surface area contributed by atoms with Crippen LogP contribution in [0.1, 0.15) is 16.0 Å². The van der Waals surface area contributed by atoms with Crippen LogP contribution in [0.5, 0.6) is 0 Å². The molecule has 0 saturated heterocycles. The Kier molecular flexibility index (Phi) is 4.62. The third-order valence-corrected chi connectivity index (χ3v) is 4.64. The van der Waals surface area contributed by atoms with E-state index >= 15 is 0 Å². The molecule has 0 atom stereocenters. The lowest BCUT2D eigenvalue weighted by Crippen LogP contribution is -2.00. The van der Waals surface area contributed by atoms with E-state index in [4.69, 9.17) is 0 Å². The Morgan fingerprint density at radius 3 is 2.58 bits per heavy atom. The number of nitrogens with one attached hydrogen (secondary N) is 1. The molecule has 0 fully saturated rings. The van der Waals surface area contributed by atoms with E-state index in [1.54, 1.807) is 0 Å². The smallest absolute Gasteiger partial charge is 0.308 e. The SMILES string of the molecule is Cc1ccc(-c2nc(Nc3ccccc3)sc2CC(=O)O)c(C)c1. The average Bonchev–Trinajstić information content (AvgIpc) is 2.89. The summed E-state index contributed by atoms with van der Waals surface area (Å²) in [5, 5.41) is 13.2. The van der Waals surface area contributed by atoms with Crippen molar-refractivity contribution in [2.75, 3.05) is 5.32 Å². The van der Waals surface area contributed by atoms with Crippen LogP contribution < -0.4 is 5.32 Å². The maximum absolute atomic E-state index is 11.2. The van der Waals surface area contributed by atoms with E-state index < -0.39 is 5.97 Å². The standard InChI is InChI=1S/C19H18N2O2S/c1-12-8-9-15(13(2)10-12)18-16(11-17(22)23)24-19(21-18)20-14-6-4-3-5-7-14/h3-10H,11H2,1-2H3,(H,20,21)(H,22,23). The number of aromatic nitrogens is 1. The molecule has 0 aliphatic heterocycles. The van der Waals surface area contributed by atoms with Crippen molar-refractivity contribution >= 4 is 28.1 Å². The fraction of sp³-hybridized carbons (Fsp3) is 0.158. The largest absolute Gasteiger partial charge is 0.481 e. The number of nitrogens with zero attached hydrogens (tertiary/aromatic N) is 1. The number of carboxylic acids is 1. The van der Waals surface area contributed by atoms with E-state index in [-0.39, 0.29) is 6.42 Å². The van der Waals surface area contributed by atoms with Crippen LogP contribution in [0.25, 0.3) is 11.3 Å². The van der Waals surface area contributed by atoms with Gasteiger partial charge in [-0.3, -0.25) is 4.79 Å². The number of rotatable bonds is 5. The van der Waals surface area contributed by atoms with Crippen molar-refractivity contribution in [3.8, 4) is 11.3 Å². The number of anilines is 2. The summed E-state index contributed by atoms with van der Waals surface area (Å²) < 4.78 is 0. The molecular formula is C19H18N2O2S. The summed E-state index contributed by atoms with van der Waals surface area (Å²) in [6.45, 7) is 4.06. The van der Waals surface area contributed by atoms with E-state index in [0.717, 1.165) is 27.4 Å². The van der Waals surface area contributed by atoms with Gasteiger partial charge in [-0.1, -0.05) is 42.0 Å². The Morgan fingerprint density at radius 2 is 1.92 bits per heavy atom. The van der Waals surface area contributed by atoms with Crippen LogP contribution in [0.2, 0.25) is 0 Å². The molecule has 0 bridgehead atoms. The molecule has 2 N–H and O–H groups in total. The van der Waals surface area contributed by atoms with Crippen molar-refractivity contribution in [3.63, 3.8) is 0 Å².